The number of nitrogens with zero attached hydrogens (tertiary/aromatic N) is 1. The van der Waals surface area contributed by atoms with Crippen molar-refractivity contribution in [3.63, 3.8) is 0 Å². The quantitative estimate of drug-likeness (QED) is 0.599. The molecule has 1 aromatic carbocycles. The van der Waals surface area contributed by atoms with Crippen LogP contribution in [-0.4, -0.2) is 69.5 Å². The fourth-order valence-corrected chi connectivity index (χ4v) is 6.05. The zero-order valence-electron chi connectivity index (χ0n) is 18.8. The monoisotopic (exact) mass is 492 g/mol. The highest BCUT2D eigenvalue weighted by molar-refractivity contribution is 7.89. The molecule has 7 nitrogen and oxygen atoms in total. The zero-order chi connectivity index (χ0) is 24.2. The number of amides is 1. The van der Waals surface area contributed by atoms with Crippen molar-refractivity contribution in [2.45, 2.75) is 75.6 Å². The van der Waals surface area contributed by atoms with Gasteiger partial charge in [0.1, 0.15) is 11.6 Å². The first kappa shape index (κ1) is 25.8. The second-order valence-electron chi connectivity index (χ2n) is 8.79. The molecule has 186 valence electrons. The van der Waals surface area contributed by atoms with E-state index in [0.29, 0.717) is 0 Å². The van der Waals surface area contributed by atoms with E-state index in [4.69, 9.17) is 9.47 Å². The molecule has 1 aromatic rings. The van der Waals surface area contributed by atoms with Gasteiger partial charge in [0.25, 0.3) is 6.43 Å². The third kappa shape index (κ3) is 6.83. The van der Waals surface area contributed by atoms with Crippen LogP contribution in [-0.2, 0) is 19.5 Å². The van der Waals surface area contributed by atoms with E-state index in [1.54, 1.807) is 19.1 Å². The largest absolute Gasteiger partial charge is 0.453 e. The standard InChI is InChI=1S/C22H31F3N2O5S/c1-14-10-19(26-33(29,30)13-21(24)25)20(27(14)22(28)31-2)12-32-18-8-6-15(7-9-18)16-4-3-5-17(23)11-16/h3-5,11,14-15,18-21,26H,6-10,12-13H2,1-2H3/t14?,15?,18?,19-,20-/m0/s1. The highest BCUT2D eigenvalue weighted by Gasteiger charge is 2.44. The summed E-state index contributed by atoms with van der Waals surface area (Å²) in [7, 11) is -2.99. The number of carbonyl (C=O) groups is 1. The van der Waals surface area contributed by atoms with E-state index in [1.165, 1.54) is 18.1 Å². The third-order valence-corrected chi connectivity index (χ3v) is 7.80. The van der Waals surface area contributed by atoms with Gasteiger partial charge in [0.05, 0.1) is 25.9 Å². The van der Waals surface area contributed by atoms with E-state index in [9.17, 15) is 26.4 Å². The number of alkyl halides is 2. The normalized spacial score (nSPS) is 28.3. The molecule has 1 saturated carbocycles. The number of hydrogen-bond acceptors (Lipinski definition) is 5. The minimum Gasteiger partial charge on any atom is -0.453 e. The summed E-state index contributed by atoms with van der Waals surface area (Å²) in [5.74, 6) is -1.31. The number of hydrogen-bond donors (Lipinski definition) is 1. The van der Waals surface area contributed by atoms with Gasteiger partial charge in [0.15, 0.2) is 0 Å². The van der Waals surface area contributed by atoms with Crippen LogP contribution in [0.2, 0.25) is 0 Å². The highest BCUT2D eigenvalue weighted by atomic mass is 32.2. The van der Waals surface area contributed by atoms with Crippen molar-refractivity contribution in [2.24, 2.45) is 0 Å². The molecule has 0 aromatic heterocycles. The molecule has 2 fully saturated rings. The first-order chi connectivity index (χ1) is 15.6. The second kappa shape index (κ2) is 11.1. The molecule has 1 unspecified atom stereocenters. The van der Waals surface area contributed by atoms with Gasteiger partial charge in [-0.1, -0.05) is 12.1 Å². The molecule has 3 rings (SSSR count). The van der Waals surface area contributed by atoms with Crippen LogP contribution < -0.4 is 4.72 Å². The Bertz CT molecular complexity index is 909. The topological polar surface area (TPSA) is 84.9 Å². The van der Waals surface area contributed by atoms with Crippen LogP contribution in [0.5, 0.6) is 0 Å². The molecule has 2 aliphatic rings. The zero-order valence-corrected chi connectivity index (χ0v) is 19.6. The second-order valence-corrected chi connectivity index (χ2v) is 10.6. The lowest BCUT2D eigenvalue weighted by Gasteiger charge is -2.33. The summed E-state index contributed by atoms with van der Waals surface area (Å²) >= 11 is 0. The number of rotatable bonds is 8. The van der Waals surface area contributed by atoms with Crippen LogP contribution in [0.25, 0.3) is 0 Å². The maximum absolute atomic E-state index is 13.5. The molecule has 11 heteroatoms. The Hall–Kier alpha value is -1.85. The molecule has 0 radical (unpaired) electrons. The maximum atomic E-state index is 13.5. The summed E-state index contributed by atoms with van der Waals surface area (Å²) in [6.07, 6.45) is -0.336. The van der Waals surface area contributed by atoms with Gasteiger partial charge in [-0.3, -0.25) is 4.90 Å². The Morgan fingerprint density at radius 1 is 1.24 bits per heavy atom. The Kier molecular flexibility index (Phi) is 8.63. The summed E-state index contributed by atoms with van der Waals surface area (Å²) < 4.78 is 76.3. The van der Waals surface area contributed by atoms with E-state index >= 15 is 0 Å². The number of ether oxygens (including phenoxy) is 2. The van der Waals surface area contributed by atoms with E-state index in [-0.39, 0.29) is 36.9 Å². The summed E-state index contributed by atoms with van der Waals surface area (Å²) in [4.78, 5) is 13.7. The van der Waals surface area contributed by atoms with Gasteiger partial charge in [-0.05, 0) is 62.6 Å². The highest BCUT2D eigenvalue weighted by Crippen LogP contribution is 2.35. The molecule has 1 amide bonds. The van der Waals surface area contributed by atoms with Crippen molar-refractivity contribution in [2.75, 3.05) is 19.5 Å². The Morgan fingerprint density at radius 2 is 1.94 bits per heavy atom. The first-order valence-corrected chi connectivity index (χ1v) is 12.8. The fraction of sp³-hybridized carbons (Fsp3) is 0.682. The molecule has 1 saturated heterocycles. The van der Waals surface area contributed by atoms with Crippen LogP contribution in [0.15, 0.2) is 24.3 Å². The van der Waals surface area contributed by atoms with Crippen LogP contribution in [0, 0.1) is 5.82 Å². The Morgan fingerprint density at radius 3 is 2.55 bits per heavy atom. The molecule has 0 bridgehead atoms. The van der Waals surface area contributed by atoms with Gasteiger partial charge < -0.3 is 9.47 Å². The van der Waals surface area contributed by atoms with Gasteiger partial charge >= 0.3 is 6.09 Å². The Balaban J connectivity index is 1.62. The summed E-state index contributed by atoms with van der Waals surface area (Å²) in [6.45, 7) is 1.80. The van der Waals surface area contributed by atoms with Gasteiger partial charge in [0.2, 0.25) is 10.0 Å². The van der Waals surface area contributed by atoms with Crippen molar-refractivity contribution in [3.8, 4) is 0 Å². The number of nitrogens with one attached hydrogen (secondary N) is 1. The lowest BCUT2D eigenvalue weighted by atomic mass is 9.82. The van der Waals surface area contributed by atoms with Crippen molar-refractivity contribution >= 4 is 16.1 Å². The lowest BCUT2D eigenvalue weighted by molar-refractivity contribution is -0.00862. The van der Waals surface area contributed by atoms with Crippen LogP contribution >= 0.6 is 0 Å². The third-order valence-electron chi connectivity index (χ3n) is 6.45. The lowest BCUT2D eigenvalue weighted by Crippen LogP contribution is -2.51. The van der Waals surface area contributed by atoms with Gasteiger partial charge in [0, 0.05) is 12.1 Å². The number of halogens is 3. The number of benzene rings is 1. The van der Waals surface area contributed by atoms with Crippen molar-refractivity contribution in [1.29, 1.82) is 0 Å². The van der Waals surface area contributed by atoms with Crippen molar-refractivity contribution in [3.05, 3.63) is 35.6 Å². The van der Waals surface area contributed by atoms with Crippen molar-refractivity contribution in [1.82, 2.24) is 9.62 Å². The number of methoxy groups -OCH3 is 1. The molecule has 0 spiro atoms. The number of likely N-dealkylation sites (tertiary alicyclic amines) is 1. The SMILES string of the molecule is COC(=O)N1C(C)C[C@H](NS(=O)(=O)CC(F)F)[C@@H]1COC1CCC(c2cccc(F)c2)CC1. The van der Waals surface area contributed by atoms with Crippen LogP contribution in [0.4, 0.5) is 18.0 Å². The molecule has 1 heterocycles. The van der Waals surface area contributed by atoms with Gasteiger partial charge in [-0.15, -0.1) is 0 Å². The van der Waals surface area contributed by atoms with E-state index in [0.717, 1.165) is 31.2 Å². The van der Waals surface area contributed by atoms with Crippen LogP contribution in [0.3, 0.4) is 0 Å². The molecule has 3 atom stereocenters. The average Bonchev–Trinajstić information content (AvgIpc) is 3.04. The smallest absolute Gasteiger partial charge is 0.410 e. The summed E-state index contributed by atoms with van der Waals surface area (Å²) in [5.41, 5.74) is 0.962. The predicted molar refractivity (Wildman–Crippen MR) is 116 cm³/mol. The molecule has 1 N–H and O–H groups in total. The minimum absolute atomic E-state index is 0.0522. The molecule has 33 heavy (non-hydrogen) atoms. The van der Waals surface area contributed by atoms with E-state index < -0.39 is 40.4 Å². The average molecular weight is 493 g/mol. The molecule has 1 aliphatic carbocycles. The first-order valence-electron chi connectivity index (χ1n) is 11.1. The summed E-state index contributed by atoms with van der Waals surface area (Å²) in [5, 5.41) is 0. The van der Waals surface area contributed by atoms with Gasteiger partial charge in [-0.2, -0.15) is 0 Å². The fourth-order valence-electron chi connectivity index (χ4n) is 4.91. The Labute approximate surface area is 192 Å². The van der Waals surface area contributed by atoms with E-state index in [1.807, 2.05) is 6.07 Å². The van der Waals surface area contributed by atoms with Crippen LogP contribution in [0.1, 0.15) is 50.5 Å². The predicted octanol–water partition coefficient (Wildman–Crippen LogP) is 3.65. The molecule has 1 aliphatic heterocycles. The summed E-state index contributed by atoms with van der Waals surface area (Å²) in [6, 6.07) is 4.79. The molecular formula is C22H31F3N2O5S. The van der Waals surface area contributed by atoms with Gasteiger partial charge in [-0.25, -0.2) is 31.1 Å². The van der Waals surface area contributed by atoms with E-state index in [2.05, 4.69) is 4.72 Å². The number of carbonyl (C=O) groups excluding carboxylic acids is 1. The maximum Gasteiger partial charge on any atom is 0.410 e. The van der Waals surface area contributed by atoms with Crippen molar-refractivity contribution < 1.29 is 35.9 Å². The minimum atomic E-state index is -4.23. The molecular weight excluding hydrogens is 461 g/mol. The number of sulfonamides is 1.